The van der Waals surface area contributed by atoms with Crippen LogP contribution in [0.5, 0.6) is 0 Å². The standard InChI is InChI=1S/C23H28Cl2N2O2S/c1-16(2)12-26-23(29)17(3)27(13-18-7-9-20(24)10-8-18)22(28)15-30-14-19-5-4-6-21(25)11-19/h4-11,16-17H,12-15H2,1-3H3,(H,26,29)/t17-/m0/s1. The molecular formula is C23H28Cl2N2O2S. The Morgan fingerprint density at radius 1 is 1.00 bits per heavy atom. The van der Waals surface area contributed by atoms with Crippen LogP contribution in [-0.4, -0.2) is 35.1 Å². The molecule has 0 saturated carbocycles. The fourth-order valence-corrected chi connectivity index (χ4v) is 3.98. The lowest BCUT2D eigenvalue weighted by molar-refractivity contribution is -0.138. The van der Waals surface area contributed by atoms with Gasteiger partial charge in [0.15, 0.2) is 0 Å². The third-order valence-corrected chi connectivity index (χ3v) is 5.98. The number of carbonyl (C=O) groups excluding carboxylic acids is 2. The molecule has 0 unspecified atom stereocenters. The summed E-state index contributed by atoms with van der Waals surface area (Å²) >= 11 is 13.5. The summed E-state index contributed by atoms with van der Waals surface area (Å²) in [5.41, 5.74) is 1.99. The van der Waals surface area contributed by atoms with Crippen LogP contribution >= 0.6 is 35.0 Å². The summed E-state index contributed by atoms with van der Waals surface area (Å²) in [4.78, 5) is 27.3. The van der Waals surface area contributed by atoms with Gasteiger partial charge in [-0.1, -0.05) is 61.3 Å². The molecule has 2 rings (SSSR count). The number of rotatable bonds is 10. The average molecular weight is 467 g/mol. The second-order valence-electron chi connectivity index (χ2n) is 7.59. The Kier molecular flexibility index (Phi) is 10.0. The molecule has 0 aliphatic heterocycles. The zero-order valence-electron chi connectivity index (χ0n) is 17.5. The van der Waals surface area contributed by atoms with E-state index in [1.807, 2.05) is 50.2 Å². The molecule has 0 aromatic heterocycles. The molecule has 2 aromatic carbocycles. The van der Waals surface area contributed by atoms with Crippen molar-refractivity contribution in [2.75, 3.05) is 12.3 Å². The van der Waals surface area contributed by atoms with Gasteiger partial charge in [0.2, 0.25) is 11.8 Å². The van der Waals surface area contributed by atoms with Gasteiger partial charge in [0.1, 0.15) is 6.04 Å². The Morgan fingerprint density at radius 3 is 2.33 bits per heavy atom. The van der Waals surface area contributed by atoms with Crippen molar-refractivity contribution in [1.82, 2.24) is 10.2 Å². The number of benzene rings is 2. The zero-order valence-corrected chi connectivity index (χ0v) is 19.9. The van der Waals surface area contributed by atoms with Gasteiger partial charge in [-0.25, -0.2) is 0 Å². The fraction of sp³-hybridized carbons (Fsp3) is 0.391. The SMILES string of the molecule is CC(C)CNC(=O)[C@H](C)N(Cc1ccc(Cl)cc1)C(=O)CSCc1cccc(Cl)c1. The van der Waals surface area contributed by atoms with Gasteiger partial charge in [0.05, 0.1) is 5.75 Å². The van der Waals surface area contributed by atoms with E-state index in [-0.39, 0.29) is 17.6 Å². The highest BCUT2D eigenvalue weighted by Gasteiger charge is 2.26. The molecule has 2 amide bonds. The number of halogens is 2. The maximum absolute atomic E-state index is 13.0. The van der Waals surface area contributed by atoms with Crippen LogP contribution in [0, 0.1) is 5.92 Å². The maximum Gasteiger partial charge on any atom is 0.242 e. The first-order chi connectivity index (χ1) is 14.3. The van der Waals surface area contributed by atoms with Gasteiger partial charge in [0.25, 0.3) is 0 Å². The van der Waals surface area contributed by atoms with E-state index in [9.17, 15) is 9.59 Å². The molecule has 0 spiro atoms. The zero-order chi connectivity index (χ0) is 22.1. The third kappa shape index (κ3) is 8.21. The number of nitrogens with zero attached hydrogens (tertiary/aromatic N) is 1. The topological polar surface area (TPSA) is 49.4 Å². The van der Waals surface area contributed by atoms with Crippen LogP contribution in [0.2, 0.25) is 10.0 Å². The number of thioether (sulfide) groups is 1. The van der Waals surface area contributed by atoms with Crippen LogP contribution in [0.15, 0.2) is 48.5 Å². The van der Waals surface area contributed by atoms with E-state index < -0.39 is 6.04 Å². The van der Waals surface area contributed by atoms with Crippen molar-refractivity contribution in [2.45, 2.75) is 39.1 Å². The van der Waals surface area contributed by atoms with Crippen molar-refractivity contribution in [3.05, 3.63) is 69.7 Å². The number of amides is 2. The first kappa shape index (κ1) is 24.6. The van der Waals surface area contributed by atoms with Gasteiger partial charge in [-0.2, -0.15) is 0 Å². The molecule has 1 N–H and O–H groups in total. The van der Waals surface area contributed by atoms with E-state index in [0.717, 1.165) is 11.1 Å². The first-order valence-corrected chi connectivity index (χ1v) is 11.8. The molecule has 0 bridgehead atoms. The van der Waals surface area contributed by atoms with E-state index in [1.165, 1.54) is 11.8 Å². The fourth-order valence-electron chi connectivity index (χ4n) is 2.79. The molecule has 0 aliphatic rings. The van der Waals surface area contributed by atoms with Crippen molar-refractivity contribution in [2.24, 2.45) is 5.92 Å². The summed E-state index contributed by atoms with van der Waals surface area (Å²) in [5, 5.41) is 4.24. The van der Waals surface area contributed by atoms with E-state index >= 15 is 0 Å². The van der Waals surface area contributed by atoms with Gasteiger partial charge < -0.3 is 10.2 Å². The van der Waals surface area contributed by atoms with Crippen molar-refractivity contribution in [3.8, 4) is 0 Å². The molecule has 0 radical (unpaired) electrons. The Morgan fingerprint density at radius 2 is 1.70 bits per heavy atom. The smallest absolute Gasteiger partial charge is 0.242 e. The molecular weight excluding hydrogens is 439 g/mol. The summed E-state index contributed by atoms with van der Waals surface area (Å²) in [6.07, 6.45) is 0. The van der Waals surface area contributed by atoms with Crippen LogP contribution in [0.3, 0.4) is 0 Å². The first-order valence-electron chi connectivity index (χ1n) is 9.90. The summed E-state index contributed by atoms with van der Waals surface area (Å²) in [6.45, 7) is 6.77. The Labute approximate surface area is 193 Å². The lowest BCUT2D eigenvalue weighted by Crippen LogP contribution is -2.48. The van der Waals surface area contributed by atoms with Crippen molar-refractivity contribution in [1.29, 1.82) is 0 Å². The second-order valence-corrected chi connectivity index (χ2v) is 9.44. The molecule has 162 valence electrons. The van der Waals surface area contributed by atoms with Crippen LogP contribution in [0.25, 0.3) is 0 Å². The lowest BCUT2D eigenvalue weighted by atomic mass is 10.1. The highest BCUT2D eigenvalue weighted by atomic mass is 35.5. The monoisotopic (exact) mass is 466 g/mol. The van der Waals surface area contributed by atoms with Gasteiger partial charge in [-0.3, -0.25) is 9.59 Å². The minimum atomic E-state index is -0.571. The van der Waals surface area contributed by atoms with Crippen molar-refractivity contribution >= 4 is 46.8 Å². The van der Waals surface area contributed by atoms with E-state index in [4.69, 9.17) is 23.2 Å². The van der Waals surface area contributed by atoms with Crippen LogP contribution in [0.1, 0.15) is 31.9 Å². The largest absolute Gasteiger partial charge is 0.354 e. The average Bonchev–Trinajstić information content (AvgIpc) is 2.71. The van der Waals surface area contributed by atoms with Gasteiger partial charge in [0, 0.05) is 28.9 Å². The number of hydrogen-bond donors (Lipinski definition) is 1. The molecule has 2 aromatic rings. The minimum absolute atomic E-state index is 0.0795. The number of nitrogens with one attached hydrogen (secondary N) is 1. The van der Waals surface area contributed by atoms with E-state index in [2.05, 4.69) is 5.32 Å². The highest BCUT2D eigenvalue weighted by Crippen LogP contribution is 2.19. The Hall–Kier alpha value is -1.69. The van der Waals surface area contributed by atoms with Gasteiger partial charge in [-0.05, 0) is 48.2 Å². The summed E-state index contributed by atoms with van der Waals surface area (Å²) < 4.78 is 0. The molecule has 4 nitrogen and oxygen atoms in total. The maximum atomic E-state index is 13.0. The molecule has 0 heterocycles. The Balaban J connectivity index is 2.05. The van der Waals surface area contributed by atoms with E-state index in [1.54, 1.807) is 24.0 Å². The van der Waals surface area contributed by atoms with Gasteiger partial charge in [-0.15, -0.1) is 11.8 Å². The Bertz CT molecular complexity index is 843. The van der Waals surface area contributed by atoms with Gasteiger partial charge >= 0.3 is 0 Å². The number of hydrogen-bond acceptors (Lipinski definition) is 3. The normalized spacial score (nSPS) is 11.9. The molecule has 30 heavy (non-hydrogen) atoms. The summed E-state index contributed by atoms with van der Waals surface area (Å²) in [6, 6.07) is 14.4. The predicted octanol–water partition coefficient (Wildman–Crippen LogP) is 5.42. The van der Waals surface area contributed by atoms with Crippen molar-refractivity contribution in [3.63, 3.8) is 0 Å². The van der Waals surface area contributed by atoms with Crippen LogP contribution < -0.4 is 5.32 Å². The quantitative estimate of drug-likeness (QED) is 0.508. The third-order valence-electron chi connectivity index (χ3n) is 4.50. The van der Waals surface area contributed by atoms with Crippen LogP contribution in [-0.2, 0) is 21.9 Å². The van der Waals surface area contributed by atoms with E-state index in [0.29, 0.717) is 34.8 Å². The van der Waals surface area contributed by atoms with Crippen molar-refractivity contribution < 1.29 is 9.59 Å². The summed E-state index contributed by atoms with van der Waals surface area (Å²) in [5.74, 6) is 1.07. The van der Waals surface area contributed by atoms with Crippen LogP contribution in [0.4, 0.5) is 0 Å². The summed E-state index contributed by atoms with van der Waals surface area (Å²) in [7, 11) is 0. The minimum Gasteiger partial charge on any atom is -0.354 e. The predicted molar refractivity (Wildman–Crippen MR) is 127 cm³/mol. The molecule has 0 aliphatic carbocycles. The lowest BCUT2D eigenvalue weighted by Gasteiger charge is -2.29. The number of carbonyl (C=O) groups is 2. The molecule has 0 saturated heterocycles. The second kappa shape index (κ2) is 12.2. The molecule has 0 fully saturated rings. The molecule has 7 heteroatoms. The molecule has 1 atom stereocenters. The highest BCUT2D eigenvalue weighted by molar-refractivity contribution is 7.99.